The molecule has 2 bridgehead atoms. The Hall–Kier alpha value is -3.33. The minimum atomic E-state index is -0.654. The van der Waals surface area contributed by atoms with Crippen LogP contribution >= 0.6 is 0 Å². The van der Waals surface area contributed by atoms with Gasteiger partial charge in [0.05, 0.1) is 28.1 Å². The van der Waals surface area contributed by atoms with Crippen molar-refractivity contribution in [3.63, 3.8) is 0 Å². The summed E-state index contributed by atoms with van der Waals surface area (Å²) in [5.74, 6) is -0.511. The number of aliphatic hydroxyl groups is 1. The van der Waals surface area contributed by atoms with Gasteiger partial charge in [0.1, 0.15) is 24.1 Å². The number of benzene rings is 1. The molecule has 3 aliphatic rings. The van der Waals surface area contributed by atoms with Gasteiger partial charge < -0.3 is 10.0 Å². The summed E-state index contributed by atoms with van der Waals surface area (Å²) in [5, 5.41) is 18.1. The Morgan fingerprint density at radius 1 is 1.11 bits per heavy atom. The fourth-order valence-corrected chi connectivity index (χ4v) is 7.05. The lowest BCUT2D eigenvalue weighted by atomic mass is 9.66. The molecule has 0 radical (unpaired) electrons. The van der Waals surface area contributed by atoms with E-state index in [0.717, 1.165) is 48.5 Å². The Bertz CT molecular complexity index is 1370. The third-order valence-electron chi connectivity index (χ3n) is 9.06. The summed E-state index contributed by atoms with van der Waals surface area (Å²) in [5.41, 5.74) is 2.08. The first-order chi connectivity index (χ1) is 17.8. The molecule has 1 saturated heterocycles. The number of nitrogens with zero attached hydrogens (tertiary/aromatic N) is 5. The van der Waals surface area contributed by atoms with E-state index < -0.39 is 23.7 Å². The van der Waals surface area contributed by atoms with Gasteiger partial charge in [-0.1, -0.05) is 19.9 Å². The maximum atomic E-state index is 14.5. The minimum absolute atomic E-state index is 0.123. The summed E-state index contributed by atoms with van der Waals surface area (Å²) in [4.78, 5) is 23.2. The molecular formula is C28H29F2N5O2. The van der Waals surface area contributed by atoms with Crippen LogP contribution in [0.25, 0.3) is 11.3 Å². The normalized spacial score (nSPS) is 24.4. The van der Waals surface area contributed by atoms with Crippen LogP contribution < -0.4 is 0 Å². The molecule has 3 heterocycles. The second-order valence-corrected chi connectivity index (χ2v) is 11.0. The molecule has 2 aromatic heterocycles. The molecule has 1 aliphatic heterocycles. The van der Waals surface area contributed by atoms with Crippen molar-refractivity contribution >= 4 is 5.91 Å². The first-order valence-electron chi connectivity index (χ1n) is 12.8. The van der Waals surface area contributed by atoms with Crippen LogP contribution in [0, 0.1) is 17.0 Å². The van der Waals surface area contributed by atoms with Crippen molar-refractivity contribution in [2.45, 2.75) is 56.8 Å². The summed E-state index contributed by atoms with van der Waals surface area (Å²) < 4.78 is 29.0. The highest BCUT2D eigenvalue weighted by atomic mass is 19.1. The van der Waals surface area contributed by atoms with Crippen molar-refractivity contribution < 1.29 is 18.7 Å². The predicted octanol–water partition coefficient (Wildman–Crippen LogP) is 4.11. The molecule has 2 fully saturated rings. The van der Waals surface area contributed by atoms with Gasteiger partial charge in [-0.05, 0) is 66.8 Å². The molecular weight excluding hydrogens is 476 g/mol. The minimum Gasteiger partial charge on any atom is -0.387 e. The maximum Gasteiger partial charge on any atom is 0.248 e. The highest BCUT2D eigenvalue weighted by Gasteiger charge is 2.65. The first-order valence-corrected chi connectivity index (χ1v) is 12.8. The van der Waals surface area contributed by atoms with Crippen LogP contribution in [0.15, 0.2) is 36.5 Å². The highest BCUT2D eigenvalue weighted by molar-refractivity contribution is 5.77. The maximum absolute atomic E-state index is 14.5. The Labute approximate surface area is 214 Å². The lowest BCUT2D eigenvalue weighted by molar-refractivity contribution is -0.135. The van der Waals surface area contributed by atoms with Gasteiger partial charge in [-0.3, -0.25) is 4.79 Å². The van der Waals surface area contributed by atoms with Crippen molar-refractivity contribution in [1.82, 2.24) is 25.1 Å². The summed E-state index contributed by atoms with van der Waals surface area (Å²) in [6.45, 7) is 5.11. The van der Waals surface area contributed by atoms with Gasteiger partial charge in [0.2, 0.25) is 5.91 Å². The zero-order valence-corrected chi connectivity index (χ0v) is 20.9. The van der Waals surface area contributed by atoms with Crippen molar-refractivity contribution in [3.05, 3.63) is 70.9 Å². The monoisotopic (exact) mass is 505 g/mol. The Morgan fingerprint density at radius 3 is 2.54 bits per heavy atom. The Kier molecular flexibility index (Phi) is 5.60. The van der Waals surface area contributed by atoms with Crippen LogP contribution in [0.1, 0.15) is 74.1 Å². The fourth-order valence-electron chi connectivity index (χ4n) is 7.05. The van der Waals surface area contributed by atoms with E-state index in [1.54, 1.807) is 11.1 Å². The predicted molar refractivity (Wildman–Crippen MR) is 132 cm³/mol. The number of amides is 1. The molecule has 9 heteroatoms. The highest BCUT2D eigenvalue weighted by Crippen LogP contribution is 2.69. The van der Waals surface area contributed by atoms with E-state index >= 15 is 0 Å². The van der Waals surface area contributed by atoms with Gasteiger partial charge in [0.15, 0.2) is 0 Å². The van der Waals surface area contributed by atoms with E-state index in [-0.39, 0.29) is 34.4 Å². The van der Waals surface area contributed by atoms with Crippen LogP contribution in [0.2, 0.25) is 0 Å². The third kappa shape index (κ3) is 3.43. The van der Waals surface area contributed by atoms with E-state index in [1.165, 1.54) is 18.2 Å². The van der Waals surface area contributed by atoms with Crippen molar-refractivity contribution in [3.8, 4) is 11.3 Å². The van der Waals surface area contributed by atoms with Crippen molar-refractivity contribution in [2.75, 3.05) is 19.7 Å². The molecule has 3 aromatic rings. The number of halogens is 2. The summed E-state index contributed by atoms with van der Waals surface area (Å²) >= 11 is 0. The van der Waals surface area contributed by atoms with Gasteiger partial charge in [-0.2, -0.15) is 5.10 Å². The number of hydrogen-bond donors (Lipinski definition) is 1. The number of hydrogen-bond acceptors (Lipinski definition) is 6. The average Bonchev–Trinajstić information content (AvgIpc) is 3.29. The van der Waals surface area contributed by atoms with Gasteiger partial charge in [0, 0.05) is 25.2 Å². The standard InChI is InChI=1S/C28H29F2N5O2/c1-27(2)18-6-10-28(27,25-17(18)14-21(33-34-25)24-19(29)4-3-5-20(24)30)22-7-11-31-26(32-22)16-8-12-35(13-9-16)23(37)15-36/h3-5,7,11,14,16,18,36H,6,8-10,12-13,15H2,1-2H3/t18-,28-/m0/s1. The first kappa shape index (κ1) is 24.0. The zero-order chi connectivity index (χ0) is 25.9. The lowest BCUT2D eigenvalue weighted by Crippen LogP contribution is -2.40. The van der Waals surface area contributed by atoms with Gasteiger partial charge >= 0.3 is 0 Å². The second-order valence-electron chi connectivity index (χ2n) is 11.0. The molecule has 7 nitrogen and oxygen atoms in total. The lowest BCUT2D eigenvalue weighted by Gasteiger charge is -2.38. The van der Waals surface area contributed by atoms with E-state index in [9.17, 15) is 13.6 Å². The van der Waals surface area contributed by atoms with Crippen LogP contribution in [-0.4, -0.2) is 55.8 Å². The summed E-state index contributed by atoms with van der Waals surface area (Å²) in [6, 6.07) is 7.58. The number of fused-ring (bicyclic) bond motifs is 5. The second kappa shape index (κ2) is 8.62. The molecule has 192 valence electrons. The number of aliphatic hydroxyl groups excluding tert-OH is 1. The van der Waals surface area contributed by atoms with E-state index in [0.29, 0.717) is 13.1 Å². The number of carbonyl (C=O) groups is 1. The zero-order valence-electron chi connectivity index (χ0n) is 20.9. The quantitative estimate of drug-likeness (QED) is 0.574. The average molecular weight is 506 g/mol. The molecule has 0 unspecified atom stereocenters. The van der Waals surface area contributed by atoms with Crippen LogP contribution in [-0.2, 0) is 10.2 Å². The molecule has 2 atom stereocenters. The van der Waals surface area contributed by atoms with Crippen molar-refractivity contribution in [1.29, 1.82) is 0 Å². The van der Waals surface area contributed by atoms with E-state index in [1.807, 2.05) is 12.1 Å². The topological polar surface area (TPSA) is 92.1 Å². The van der Waals surface area contributed by atoms with Crippen LogP contribution in [0.5, 0.6) is 0 Å². The van der Waals surface area contributed by atoms with Crippen LogP contribution in [0.4, 0.5) is 8.78 Å². The molecule has 6 rings (SSSR count). The van der Waals surface area contributed by atoms with Crippen molar-refractivity contribution in [2.24, 2.45) is 5.41 Å². The Balaban J connectivity index is 1.38. The molecule has 1 amide bonds. The number of piperidine rings is 1. The molecule has 2 aliphatic carbocycles. The smallest absolute Gasteiger partial charge is 0.248 e. The molecule has 1 aromatic carbocycles. The number of rotatable bonds is 4. The van der Waals surface area contributed by atoms with E-state index in [2.05, 4.69) is 29.0 Å². The third-order valence-corrected chi connectivity index (χ3v) is 9.06. The number of likely N-dealkylation sites (tertiary alicyclic amines) is 1. The molecule has 1 N–H and O–H groups in total. The Morgan fingerprint density at radius 2 is 1.84 bits per heavy atom. The number of aromatic nitrogens is 4. The van der Waals surface area contributed by atoms with E-state index in [4.69, 9.17) is 10.1 Å². The van der Waals surface area contributed by atoms with Gasteiger partial charge in [-0.25, -0.2) is 18.7 Å². The SMILES string of the molecule is CC1(C)[C@H]2CC[C@]1(c1ccnc(C3CCN(C(=O)CO)CC3)n1)c1nnc(-c3c(F)cccc3F)cc12. The molecule has 1 saturated carbocycles. The summed E-state index contributed by atoms with van der Waals surface area (Å²) in [6.07, 6.45) is 5.06. The van der Waals surface area contributed by atoms with Crippen LogP contribution in [0.3, 0.4) is 0 Å². The molecule has 0 spiro atoms. The molecule has 37 heavy (non-hydrogen) atoms. The number of carbonyl (C=O) groups excluding carboxylic acids is 1. The summed E-state index contributed by atoms with van der Waals surface area (Å²) in [7, 11) is 0. The fraction of sp³-hybridized carbons (Fsp3) is 0.464. The van der Waals surface area contributed by atoms with Gasteiger partial charge in [0.25, 0.3) is 0 Å². The largest absolute Gasteiger partial charge is 0.387 e. The van der Waals surface area contributed by atoms with Gasteiger partial charge in [-0.15, -0.1) is 5.10 Å².